The number of nitriles is 1. The van der Waals surface area contributed by atoms with E-state index >= 15 is 0 Å². The van der Waals surface area contributed by atoms with Crippen LogP contribution in [0.5, 0.6) is 0 Å². The van der Waals surface area contributed by atoms with Crippen LogP contribution in [-0.2, 0) is 10.2 Å². The standard InChI is InChI=1S/C13H15NO/c1-13(2,3)10-6-4-9(5-7-10)12-11(8-14)15-12/h4-7,11-12H,1-3H3/t11-,12-/m0/s1. The summed E-state index contributed by atoms with van der Waals surface area (Å²) in [5.41, 5.74) is 2.59. The molecule has 2 heteroatoms. The van der Waals surface area contributed by atoms with E-state index in [1.54, 1.807) is 0 Å². The van der Waals surface area contributed by atoms with Gasteiger partial charge in [-0.2, -0.15) is 5.26 Å². The zero-order valence-corrected chi connectivity index (χ0v) is 9.32. The highest BCUT2D eigenvalue weighted by molar-refractivity contribution is 5.32. The van der Waals surface area contributed by atoms with Gasteiger partial charge in [0, 0.05) is 0 Å². The molecule has 0 unspecified atom stereocenters. The minimum Gasteiger partial charge on any atom is -0.348 e. The highest BCUT2D eigenvalue weighted by atomic mass is 16.6. The fourth-order valence-corrected chi connectivity index (χ4v) is 1.64. The molecular formula is C13H15NO. The van der Waals surface area contributed by atoms with Crippen molar-refractivity contribution in [2.24, 2.45) is 0 Å². The Hall–Kier alpha value is -1.33. The molecule has 1 aromatic rings. The molecule has 2 rings (SSSR count). The number of rotatable bonds is 1. The Morgan fingerprint density at radius 3 is 2.20 bits per heavy atom. The van der Waals surface area contributed by atoms with Crippen molar-refractivity contribution in [2.45, 2.75) is 38.4 Å². The van der Waals surface area contributed by atoms with Gasteiger partial charge in [-0.3, -0.25) is 0 Å². The Labute approximate surface area is 90.5 Å². The van der Waals surface area contributed by atoms with Crippen molar-refractivity contribution >= 4 is 0 Å². The Morgan fingerprint density at radius 1 is 1.20 bits per heavy atom. The quantitative estimate of drug-likeness (QED) is 0.655. The van der Waals surface area contributed by atoms with Crippen molar-refractivity contribution in [3.63, 3.8) is 0 Å². The zero-order chi connectivity index (χ0) is 11.1. The molecule has 0 bridgehead atoms. The molecule has 0 spiro atoms. The van der Waals surface area contributed by atoms with E-state index in [4.69, 9.17) is 10.00 Å². The molecule has 0 aliphatic carbocycles. The van der Waals surface area contributed by atoms with Gasteiger partial charge in [-0.15, -0.1) is 0 Å². The van der Waals surface area contributed by atoms with Gasteiger partial charge in [0.1, 0.15) is 6.10 Å². The van der Waals surface area contributed by atoms with Gasteiger partial charge in [-0.05, 0) is 16.5 Å². The van der Waals surface area contributed by atoms with Crippen LogP contribution in [0.4, 0.5) is 0 Å². The number of epoxide rings is 1. The molecule has 1 saturated heterocycles. The summed E-state index contributed by atoms with van der Waals surface area (Å²) in [6.07, 6.45) is -0.227. The van der Waals surface area contributed by atoms with Gasteiger partial charge in [0.25, 0.3) is 0 Å². The molecule has 1 fully saturated rings. The van der Waals surface area contributed by atoms with Crippen LogP contribution >= 0.6 is 0 Å². The van der Waals surface area contributed by atoms with Crippen LogP contribution in [-0.4, -0.2) is 6.10 Å². The summed E-state index contributed by atoms with van der Waals surface area (Å²) in [6, 6.07) is 10.5. The summed E-state index contributed by atoms with van der Waals surface area (Å²) in [5.74, 6) is 0. The van der Waals surface area contributed by atoms with E-state index in [2.05, 4.69) is 51.1 Å². The Morgan fingerprint density at radius 2 is 1.80 bits per heavy atom. The molecule has 0 amide bonds. The van der Waals surface area contributed by atoms with Crippen molar-refractivity contribution in [2.75, 3.05) is 0 Å². The molecule has 0 aromatic heterocycles. The largest absolute Gasteiger partial charge is 0.348 e. The third-order valence-corrected chi connectivity index (χ3v) is 2.72. The van der Waals surface area contributed by atoms with E-state index in [1.807, 2.05) is 0 Å². The van der Waals surface area contributed by atoms with Crippen molar-refractivity contribution < 1.29 is 4.74 Å². The number of hydrogen-bond donors (Lipinski definition) is 0. The maximum absolute atomic E-state index is 8.65. The van der Waals surface area contributed by atoms with Gasteiger partial charge >= 0.3 is 0 Å². The summed E-state index contributed by atoms with van der Waals surface area (Å²) < 4.78 is 5.22. The number of hydrogen-bond acceptors (Lipinski definition) is 2. The Bertz CT molecular complexity index is 394. The van der Waals surface area contributed by atoms with Gasteiger partial charge in [0.05, 0.1) is 6.07 Å². The average Bonchev–Trinajstić information content (AvgIpc) is 2.95. The lowest BCUT2D eigenvalue weighted by atomic mass is 9.86. The summed E-state index contributed by atoms with van der Waals surface area (Å²) in [7, 11) is 0. The second-order valence-electron chi connectivity index (χ2n) is 4.98. The second-order valence-corrected chi connectivity index (χ2v) is 4.98. The maximum Gasteiger partial charge on any atom is 0.175 e. The van der Waals surface area contributed by atoms with Gasteiger partial charge in [-0.1, -0.05) is 45.0 Å². The first-order valence-corrected chi connectivity index (χ1v) is 5.18. The normalized spacial score (nSPS) is 24.7. The summed E-state index contributed by atoms with van der Waals surface area (Å²) >= 11 is 0. The molecule has 1 aliphatic heterocycles. The fourth-order valence-electron chi connectivity index (χ4n) is 1.64. The van der Waals surface area contributed by atoms with Crippen LogP contribution in [0.25, 0.3) is 0 Å². The highest BCUT2D eigenvalue weighted by Crippen LogP contribution is 2.38. The predicted octanol–water partition coefficient (Wildman–Crippen LogP) is 2.95. The number of ether oxygens (including phenoxy) is 1. The first-order valence-electron chi connectivity index (χ1n) is 5.18. The molecule has 1 heterocycles. The van der Waals surface area contributed by atoms with Gasteiger partial charge in [0.2, 0.25) is 0 Å². The molecule has 78 valence electrons. The lowest BCUT2D eigenvalue weighted by Crippen LogP contribution is -2.10. The molecule has 0 saturated carbocycles. The number of benzene rings is 1. The first-order chi connectivity index (χ1) is 7.02. The van der Waals surface area contributed by atoms with Crippen LogP contribution in [0.3, 0.4) is 0 Å². The summed E-state index contributed by atoms with van der Waals surface area (Å²) in [5, 5.41) is 8.65. The SMILES string of the molecule is CC(C)(C)c1ccc([C@@H]2O[C@H]2C#N)cc1. The van der Waals surface area contributed by atoms with E-state index in [1.165, 1.54) is 5.56 Å². The molecular weight excluding hydrogens is 186 g/mol. The molecule has 0 radical (unpaired) electrons. The van der Waals surface area contributed by atoms with Crippen LogP contribution in [0.15, 0.2) is 24.3 Å². The van der Waals surface area contributed by atoms with E-state index in [-0.39, 0.29) is 17.6 Å². The van der Waals surface area contributed by atoms with E-state index in [9.17, 15) is 0 Å². The predicted molar refractivity (Wildman–Crippen MR) is 58.4 cm³/mol. The molecule has 2 atom stereocenters. The number of nitrogens with zero attached hydrogens (tertiary/aromatic N) is 1. The Balaban J connectivity index is 2.16. The van der Waals surface area contributed by atoms with E-state index in [0.29, 0.717) is 0 Å². The topological polar surface area (TPSA) is 36.3 Å². The maximum atomic E-state index is 8.65. The van der Waals surface area contributed by atoms with Crippen molar-refractivity contribution in [3.05, 3.63) is 35.4 Å². The molecule has 2 nitrogen and oxygen atoms in total. The fraction of sp³-hybridized carbons (Fsp3) is 0.462. The van der Waals surface area contributed by atoms with Crippen LogP contribution in [0.1, 0.15) is 38.0 Å². The third kappa shape index (κ3) is 2.03. The Kier molecular flexibility index (Phi) is 2.28. The first kappa shape index (κ1) is 10.2. The van der Waals surface area contributed by atoms with E-state index < -0.39 is 0 Å². The minimum atomic E-state index is -0.231. The zero-order valence-electron chi connectivity index (χ0n) is 9.32. The molecule has 1 aliphatic rings. The van der Waals surface area contributed by atoms with Crippen molar-refractivity contribution in [3.8, 4) is 6.07 Å². The molecule has 0 N–H and O–H groups in total. The second kappa shape index (κ2) is 3.36. The summed E-state index contributed by atoms with van der Waals surface area (Å²) in [4.78, 5) is 0. The minimum absolute atomic E-state index is 0.00372. The van der Waals surface area contributed by atoms with Crippen molar-refractivity contribution in [1.82, 2.24) is 0 Å². The van der Waals surface area contributed by atoms with Gasteiger partial charge < -0.3 is 4.74 Å². The smallest absolute Gasteiger partial charge is 0.175 e. The highest BCUT2D eigenvalue weighted by Gasteiger charge is 2.40. The van der Waals surface area contributed by atoms with Gasteiger partial charge in [-0.25, -0.2) is 0 Å². The molecule has 1 aromatic carbocycles. The summed E-state index contributed by atoms with van der Waals surface area (Å²) in [6.45, 7) is 6.56. The lowest BCUT2D eigenvalue weighted by Gasteiger charge is -2.18. The lowest BCUT2D eigenvalue weighted by molar-refractivity contribution is 0.396. The monoisotopic (exact) mass is 201 g/mol. The average molecular weight is 201 g/mol. The molecule has 15 heavy (non-hydrogen) atoms. The van der Waals surface area contributed by atoms with E-state index in [0.717, 1.165) is 5.56 Å². The van der Waals surface area contributed by atoms with Crippen LogP contribution in [0.2, 0.25) is 0 Å². The van der Waals surface area contributed by atoms with Crippen LogP contribution < -0.4 is 0 Å². The van der Waals surface area contributed by atoms with Crippen LogP contribution in [0, 0.1) is 11.3 Å². The third-order valence-electron chi connectivity index (χ3n) is 2.72. The van der Waals surface area contributed by atoms with Gasteiger partial charge in [0.15, 0.2) is 6.10 Å². The van der Waals surface area contributed by atoms with Crippen molar-refractivity contribution in [1.29, 1.82) is 5.26 Å².